The Kier molecular flexibility index (Phi) is 6.95. The van der Waals surface area contributed by atoms with Crippen molar-refractivity contribution < 1.29 is 22.7 Å². The second-order valence-electron chi connectivity index (χ2n) is 8.27. The van der Waals surface area contributed by atoms with Crippen molar-refractivity contribution in [1.29, 1.82) is 0 Å². The first kappa shape index (κ1) is 21.8. The second-order valence-corrected chi connectivity index (χ2v) is 10.2. The molecule has 0 saturated carbocycles. The van der Waals surface area contributed by atoms with E-state index in [1.54, 1.807) is 12.1 Å². The highest BCUT2D eigenvalue weighted by atomic mass is 32.2. The molecule has 29 heavy (non-hydrogen) atoms. The van der Waals surface area contributed by atoms with Crippen molar-refractivity contribution in [2.75, 3.05) is 26.2 Å². The quantitative estimate of drug-likeness (QED) is 0.678. The Morgan fingerprint density at radius 1 is 1.17 bits per heavy atom. The highest BCUT2D eigenvalue weighted by molar-refractivity contribution is 7.89. The summed E-state index contributed by atoms with van der Waals surface area (Å²) in [5, 5.41) is 2.70. The second kappa shape index (κ2) is 9.26. The highest BCUT2D eigenvalue weighted by Crippen LogP contribution is 2.28. The van der Waals surface area contributed by atoms with E-state index < -0.39 is 16.0 Å². The molecule has 7 nitrogen and oxygen atoms in total. The number of aryl methyl sites for hydroxylation is 2. The summed E-state index contributed by atoms with van der Waals surface area (Å²) in [7, 11) is -3.56. The lowest BCUT2D eigenvalue weighted by Crippen LogP contribution is -2.41. The Bertz CT molecular complexity index is 858. The zero-order valence-corrected chi connectivity index (χ0v) is 18.0. The van der Waals surface area contributed by atoms with Crippen molar-refractivity contribution >= 4 is 21.9 Å². The number of esters is 1. The molecule has 160 valence electrons. The van der Waals surface area contributed by atoms with E-state index in [-0.39, 0.29) is 31.5 Å². The van der Waals surface area contributed by atoms with Crippen LogP contribution in [0, 0.1) is 11.8 Å². The highest BCUT2D eigenvalue weighted by Gasteiger charge is 2.33. The van der Waals surface area contributed by atoms with Gasteiger partial charge in [-0.25, -0.2) is 8.42 Å². The lowest BCUT2D eigenvalue weighted by Gasteiger charge is -2.30. The summed E-state index contributed by atoms with van der Waals surface area (Å²) >= 11 is 0. The number of carbonyl (C=O) groups is 2. The summed E-state index contributed by atoms with van der Waals surface area (Å²) in [4.78, 5) is 24.2. The maximum atomic E-state index is 13.0. The molecule has 1 aromatic carbocycles. The third kappa shape index (κ3) is 5.36. The van der Waals surface area contributed by atoms with Crippen LogP contribution in [0.4, 0.5) is 0 Å². The molecule has 8 heteroatoms. The number of ether oxygens (including phenoxy) is 1. The zero-order valence-electron chi connectivity index (χ0n) is 17.1. The normalized spacial score (nSPS) is 17.9. The van der Waals surface area contributed by atoms with Crippen molar-refractivity contribution in [1.82, 2.24) is 9.62 Å². The van der Waals surface area contributed by atoms with Gasteiger partial charge in [0.1, 0.15) is 0 Å². The molecule has 0 atom stereocenters. The number of benzene rings is 1. The Balaban J connectivity index is 1.50. The van der Waals surface area contributed by atoms with Crippen molar-refractivity contribution in [2.24, 2.45) is 11.8 Å². The first-order valence-electron chi connectivity index (χ1n) is 10.3. The summed E-state index contributed by atoms with van der Waals surface area (Å²) in [5.74, 6) is -0.797. The van der Waals surface area contributed by atoms with Gasteiger partial charge in [-0.1, -0.05) is 19.9 Å². The van der Waals surface area contributed by atoms with E-state index in [9.17, 15) is 18.0 Å². The monoisotopic (exact) mass is 422 g/mol. The molecule has 1 amide bonds. The fourth-order valence-corrected chi connectivity index (χ4v) is 5.33. The predicted octanol–water partition coefficient (Wildman–Crippen LogP) is 1.89. The maximum Gasteiger partial charge on any atom is 0.309 e. The molecular weight excluding hydrogens is 392 g/mol. The van der Waals surface area contributed by atoms with Crippen LogP contribution in [0.15, 0.2) is 23.1 Å². The van der Waals surface area contributed by atoms with Crippen LogP contribution < -0.4 is 5.32 Å². The van der Waals surface area contributed by atoms with Gasteiger partial charge in [0.15, 0.2) is 6.61 Å². The van der Waals surface area contributed by atoms with Crippen LogP contribution in [-0.2, 0) is 37.2 Å². The van der Waals surface area contributed by atoms with Gasteiger partial charge < -0.3 is 10.1 Å². The minimum atomic E-state index is -3.56. The van der Waals surface area contributed by atoms with Gasteiger partial charge >= 0.3 is 5.97 Å². The topological polar surface area (TPSA) is 92.8 Å². The summed E-state index contributed by atoms with van der Waals surface area (Å²) < 4.78 is 32.5. The average molecular weight is 423 g/mol. The Hall–Kier alpha value is -1.93. The Labute approximate surface area is 172 Å². The van der Waals surface area contributed by atoms with Crippen LogP contribution in [0.3, 0.4) is 0 Å². The number of piperidine rings is 1. The number of amides is 1. The minimum absolute atomic E-state index is 0.277. The zero-order chi connectivity index (χ0) is 21.0. The van der Waals surface area contributed by atoms with Gasteiger partial charge in [0, 0.05) is 19.6 Å². The van der Waals surface area contributed by atoms with Crippen molar-refractivity contribution in [3.05, 3.63) is 29.3 Å². The van der Waals surface area contributed by atoms with Gasteiger partial charge in [-0.2, -0.15) is 4.31 Å². The van der Waals surface area contributed by atoms with Crippen LogP contribution in [0.1, 0.15) is 44.2 Å². The van der Waals surface area contributed by atoms with Crippen LogP contribution in [-0.4, -0.2) is 50.8 Å². The standard InChI is InChI=1S/C21H30N2O5S/c1-15(2)13-22-20(24)14-28-21(25)17-8-10-23(11-9-17)29(26,27)19-7-6-16-4-3-5-18(16)12-19/h6-7,12,15,17H,3-5,8-11,13-14H2,1-2H3,(H,22,24). The SMILES string of the molecule is CC(C)CNC(=O)COC(=O)C1CCN(S(=O)(=O)c2ccc3c(c2)CCC3)CC1. The third-order valence-corrected chi connectivity index (χ3v) is 7.44. The molecule has 1 saturated heterocycles. The lowest BCUT2D eigenvalue weighted by atomic mass is 9.98. The number of sulfonamides is 1. The number of nitrogens with one attached hydrogen (secondary N) is 1. The molecule has 1 heterocycles. The Morgan fingerprint density at radius 3 is 2.55 bits per heavy atom. The van der Waals surface area contributed by atoms with Gasteiger partial charge in [0.2, 0.25) is 10.0 Å². The average Bonchev–Trinajstić information content (AvgIpc) is 3.18. The van der Waals surface area contributed by atoms with Crippen LogP contribution in [0.2, 0.25) is 0 Å². The summed E-state index contributed by atoms with van der Waals surface area (Å²) in [6.45, 7) is 4.76. The van der Waals surface area contributed by atoms with Crippen LogP contribution in [0.5, 0.6) is 0 Å². The molecular formula is C21H30N2O5S. The lowest BCUT2D eigenvalue weighted by molar-refractivity contribution is -0.153. The number of carbonyl (C=O) groups excluding carboxylic acids is 2. The number of fused-ring (bicyclic) bond motifs is 1. The minimum Gasteiger partial charge on any atom is -0.455 e. The molecule has 1 aromatic rings. The van der Waals surface area contributed by atoms with E-state index in [1.165, 1.54) is 9.87 Å². The van der Waals surface area contributed by atoms with Crippen molar-refractivity contribution in [3.63, 3.8) is 0 Å². The Morgan fingerprint density at radius 2 is 1.86 bits per heavy atom. The summed E-state index contributed by atoms with van der Waals surface area (Å²) in [5.41, 5.74) is 2.36. The largest absolute Gasteiger partial charge is 0.455 e. The third-order valence-electron chi connectivity index (χ3n) is 5.55. The molecule has 1 fully saturated rings. The summed E-state index contributed by atoms with van der Waals surface area (Å²) in [6, 6.07) is 5.41. The van der Waals surface area contributed by atoms with Gasteiger partial charge in [-0.05, 0) is 61.3 Å². The van der Waals surface area contributed by atoms with E-state index >= 15 is 0 Å². The van der Waals surface area contributed by atoms with E-state index in [0.717, 1.165) is 24.8 Å². The predicted molar refractivity (Wildman–Crippen MR) is 109 cm³/mol. The van der Waals surface area contributed by atoms with E-state index in [2.05, 4.69) is 5.32 Å². The molecule has 1 aliphatic heterocycles. The molecule has 0 aromatic heterocycles. The van der Waals surface area contributed by atoms with Crippen molar-refractivity contribution in [3.8, 4) is 0 Å². The van der Waals surface area contributed by atoms with Gasteiger partial charge in [-0.3, -0.25) is 9.59 Å². The fourth-order valence-electron chi connectivity index (χ4n) is 3.81. The fraction of sp³-hybridized carbons (Fsp3) is 0.619. The van der Waals surface area contributed by atoms with Crippen LogP contribution >= 0.6 is 0 Å². The molecule has 1 aliphatic carbocycles. The summed E-state index contributed by atoms with van der Waals surface area (Å²) in [6.07, 6.45) is 3.81. The van der Waals surface area contributed by atoms with Gasteiger partial charge in [0.25, 0.3) is 5.91 Å². The van der Waals surface area contributed by atoms with Crippen LogP contribution in [0.25, 0.3) is 0 Å². The molecule has 2 aliphatic rings. The first-order valence-corrected chi connectivity index (χ1v) is 11.8. The molecule has 0 radical (unpaired) electrons. The van der Waals surface area contributed by atoms with Crippen molar-refractivity contribution in [2.45, 2.75) is 50.8 Å². The number of rotatable bonds is 7. The van der Waals surface area contributed by atoms with E-state index in [4.69, 9.17) is 4.74 Å². The molecule has 3 rings (SSSR count). The number of hydrogen-bond donors (Lipinski definition) is 1. The van der Waals surface area contributed by atoms with Gasteiger partial charge in [0.05, 0.1) is 10.8 Å². The maximum absolute atomic E-state index is 13.0. The molecule has 0 unspecified atom stereocenters. The number of nitrogens with zero attached hydrogens (tertiary/aromatic N) is 1. The first-order chi connectivity index (χ1) is 13.8. The van der Waals surface area contributed by atoms with E-state index in [1.807, 2.05) is 19.9 Å². The van der Waals surface area contributed by atoms with Gasteiger partial charge in [-0.15, -0.1) is 0 Å². The molecule has 1 N–H and O–H groups in total. The molecule has 0 spiro atoms. The number of hydrogen-bond acceptors (Lipinski definition) is 5. The smallest absolute Gasteiger partial charge is 0.309 e. The molecule has 0 bridgehead atoms. The van der Waals surface area contributed by atoms with E-state index in [0.29, 0.717) is 30.2 Å².